The van der Waals surface area contributed by atoms with E-state index in [1.807, 2.05) is 6.92 Å². The Morgan fingerprint density at radius 1 is 1.29 bits per heavy atom. The van der Waals surface area contributed by atoms with E-state index in [4.69, 9.17) is 16.6 Å². The topological polar surface area (TPSA) is 89.3 Å². The van der Waals surface area contributed by atoms with Gasteiger partial charge in [-0.1, -0.05) is 33.1 Å². The van der Waals surface area contributed by atoms with Crippen LogP contribution in [0.4, 0.5) is 0 Å². The van der Waals surface area contributed by atoms with Crippen LogP contribution in [-0.2, 0) is 4.79 Å². The number of hydrogen-bond acceptors (Lipinski definition) is 4. The zero-order chi connectivity index (χ0) is 12.8. The van der Waals surface area contributed by atoms with Crippen molar-refractivity contribution in [2.75, 3.05) is 18.1 Å². The fourth-order valence-electron chi connectivity index (χ4n) is 0.887. The molecule has 0 aliphatic rings. The Balaban J connectivity index is -0.000000224. The molecule has 0 saturated carbocycles. The molecule has 106 valence electrons. The number of carboxylic acid groups (broad SMARTS) is 1. The third-order valence-corrected chi connectivity index (χ3v) is 2.88. The van der Waals surface area contributed by atoms with Crippen molar-refractivity contribution in [3.63, 3.8) is 0 Å². The maximum atomic E-state index is 10.1. The fraction of sp³-hybridized carbons (Fsp3) is 0.909. The smallest absolute Gasteiger partial charge is 0.321 e. The predicted octanol–water partition coefficient (Wildman–Crippen LogP) is 2.10. The van der Waals surface area contributed by atoms with Gasteiger partial charge in [0, 0.05) is 5.75 Å². The van der Waals surface area contributed by atoms with E-state index in [-0.39, 0.29) is 12.4 Å². The van der Waals surface area contributed by atoms with Crippen LogP contribution in [0.25, 0.3) is 0 Å². The Hall–Kier alpha value is 0.0300. The second-order valence-corrected chi connectivity index (χ2v) is 4.77. The molecule has 0 radical (unpaired) electrons. The summed E-state index contributed by atoms with van der Waals surface area (Å²) in [7, 11) is 0. The van der Waals surface area contributed by atoms with Crippen molar-refractivity contribution in [3.05, 3.63) is 0 Å². The summed E-state index contributed by atoms with van der Waals surface area (Å²) in [5.74, 6) is 0.503. The number of carboxylic acids is 1. The SMILES string of the molecule is CCCCCCN.CCSC[C@H](N)C(=O)O.Cl. The van der Waals surface area contributed by atoms with Gasteiger partial charge in [0.1, 0.15) is 6.04 Å². The number of nitrogens with two attached hydrogens (primary N) is 2. The predicted molar refractivity (Wildman–Crippen MR) is 79.1 cm³/mol. The van der Waals surface area contributed by atoms with E-state index in [1.165, 1.54) is 37.4 Å². The Labute approximate surface area is 115 Å². The fourth-order valence-corrected chi connectivity index (χ4v) is 1.52. The molecule has 1 atom stereocenters. The molecule has 17 heavy (non-hydrogen) atoms. The van der Waals surface area contributed by atoms with Crippen LogP contribution in [0.1, 0.15) is 39.5 Å². The van der Waals surface area contributed by atoms with E-state index in [0.717, 1.165) is 12.3 Å². The highest BCUT2D eigenvalue weighted by Gasteiger charge is 2.09. The lowest BCUT2D eigenvalue weighted by Gasteiger charge is -2.02. The molecule has 0 unspecified atom stereocenters. The Morgan fingerprint density at radius 3 is 2.24 bits per heavy atom. The van der Waals surface area contributed by atoms with Crippen molar-refractivity contribution in [2.24, 2.45) is 11.5 Å². The van der Waals surface area contributed by atoms with Crippen LogP contribution in [0.15, 0.2) is 0 Å². The summed E-state index contributed by atoms with van der Waals surface area (Å²) in [5, 5.41) is 8.27. The lowest BCUT2D eigenvalue weighted by Crippen LogP contribution is -2.32. The molecule has 0 aliphatic carbocycles. The van der Waals surface area contributed by atoms with Crippen LogP contribution in [0.3, 0.4) is 0 Å². The van der Waals surface area contributed by atoms with E-state index in [2.05, 4.69) is 6.92 Å². The molecule has 0 aliphatic heterocycles. The summed E-state index contributed by atoms with van der Waals surface area (Å²) < 4.78 is 0. The van der Waals surface area contributed by atoms with Crippen LogP contribution in [0, 0.1) is 0 Å². The van der Waals surface area contributed by atoms with E-state index < -0.39 is 12.0 Å². The molecule has 0 aromatic carbocycles. The van der Waals surface area contributed by atoms with Crippen molar-refractivity contribution in [1.82, 2.24) is 0 Å². The molecule has 5 N–H and O–H groups in total. The normalized spacial score (nSPS) is 10.8. The van der Waals surface area contributed by atoms with Crippen LogP contribution in [0.2, 0.25) is 0 Å². The van der Waals surface area contributed by atoms with Crippen molar-refractivity contribution in [2.45, 2.75) is 45.6 Å². The van der Waals surface area contributed by atoms with Crippen molar-refractivity contribution in [3.8, 4) is 0 Å². The van der Waals surface area contributed by atoms with Gasteiger partial charge in [0.05, 0.1) is 0 Å². The van der Waals surface area contributed by atoms with Crippen LogP contribution in [0.5, 0.6) is 0 Å². The van der Waals surface area contributed by atoms with Gasteiger partial charge in [0.25, 0.3) is 0 Å². The second-order valence-electron chi connectivity index (χ2n) is 3.45. The summed E-state index contributed by atoms with van der Waals surface area (Å²) in [6.07, 6.45) is 5.16. The molecule has 0 rings (SSSR count). The molecular formula is C11H27ClN2O2S. The number of carbonyl (C=O) groups is 1. The molecule has 0 spiro atoms. The number of aliphatic carboxylic acids is 1. The van der Waals surface area contributed by atoms with Crippen molar-refractivity contribution >= 4 is 30.1 Å². The van der Waals surface area contributed by atoms with Crippen LogP contribution >= 0.6 is 24.2 Å². The Bertz CT molecular complexity index is 158. The quantitative estimate of drug-likeness (QED) is 0.595. The third kappa shape index (κ3) is 21.8. The number of halogens is 1. The maximum Gasteiger partial charge on any atom is 0.321 e. The van der Waals surface area contributed by atoms with Crippen molar-refractivity contribution < 1.29 is 9.90 Å². The first-order chi connectivity index (χ1) is 7.59. The zero-order valence-electron chi connectivity index (χ0n) is 10.9. The highest BCUT2D eigenvalue weighted by Crippen LogP contribution is 1.99. The molecule has 0 saturated heterocycles. The molecule has 0 fully saturated rings. The highest BCUT2D eigenvalue weighted by molar-refractivity contribution is 7.99. The summed E-state index contributed by atoms with van der Waals surface area (Å²) >= 11 is 1.54. The van der Waals surface area contributed by atoms with E-state index in [9.17, 15) is 4.79 Å². The average molecular weight is 287 g/mol. The van der Waals surface area contributed by atoms with Gasteiger partial charge in [-0.25, -0.2) is 0 Å². The van der Waals surface area contributed by atoms with E-state index in [0.29, 0.717) is 5.75 Å². The van der Waals surface area contributed by atoms with Gasteiger partial charge >= 0.3 is 5.97 Å². The number of rotatable bonds is 8. The summed E-state index contributed by atoms with van der Waals surface area (Å²) in [6, 6.07) is -0.699. The minimum absolute atomic E-state index is 0. The molecule has 4 nitrogen and oxygen atoms in total. The molecule has 0 aromatic rings. The van der Waals surface area contributed by atoms with Gasteiger partial charge in [-0.15, -0.1) is 12.4 Å². The van der Waals surface area contributed by atoms with Crippen LogP contribution in [-0.4, -0.2) is 35.2 Å². The summed E-state index contributed by atoms with van der Waals surface area (Å²) in [6.45, 7) is 5.04. The Morgan fingerprint density at radius 2 is 1.88 bits per heavy atom. The first kappa shape index (κ1) is 22.2. The molecule has 0 aromatic heterocycles. The highest BCUT2D eigenvalue weighted by atomic mass is 35.5. The van der Waals surface area contributed by atoms with E-state index >= 15 is 0 Å². The number of unbranched alkanes of at least 4 members (excludes halogenated alkanes) is 3. The van der Waals surface area contributed by atoms with E-state index in [1.54, 1.807) is 0 Å². The molecule has 6 heteroatoms. The van der Waals surface area contributed by atoms with Crippen LogP contribution < -0.4 is 11.5 Å². The molecule has 0 heterocycles. The summed E-state index contributed by atoms with van der Waals surface area (Å²) in [5.41, 5.74) is 10.5. The average Bonchev–Trinajstić information content (AvgIpc) is 2.27. The first-order valence-electron chi connectivity index (χ1n) is 5.86. The standard InChI is InChI=1S/C6H15N.C5H11NO2S.ClH/c1-2-3-4-5-6-7;1-2-9-3-4(6)5(7)8;/h2-7H2,1H3;4H,2-3,6H2,1H3,(H,7,8);1H/t;4-;/m.0./s1. The maximum absolute atomic E-state index is 10.1. The van der Waals surface area contributed by atoms with Gasteiger partial charge in [-0.2, -0.15) is 11.8 Å². The monoisotopic (exact) mass is 286 g/mol. The second kappa shape index (κ2) is 18.4. The minimum atomic E-state index is -0.920. The van der Waals surface area contributed by atoms with Gasteiger partial charge in [0.15, 0.2) is 0 Å². The molecule has 0 amide bonds. The number of thioether (sulfide) groups is 1. The van der Waals surface area contributed by atoms with Gasteiger partial charge in [0.2, 0.25) is 0 Å². The minimum Gasteiger partial charge on any atom is -0.480 e. The third-order valence-electron chi connectivity index (χ3n) is 1.88. The molecule has 0 bridgehead atoms. The first-order valence-corrected chi connectivity index (χ1v) is 7.01. The zero-order valence-corrected chi connectivity index (χ0v) is 12.5. The number of hydrogen-bond donors (Lipinski definition) is 3. The van der Waals surface area contributed by atoms with Gasteiger partial charge in [-0.3, -0.25) is 4.79 Å². The Kier molecular flexibility index (Phi) is 24.1. The summed E-state index contributed by atoms with van der Waals surface area (Å²) in [4.78, 5) is 10.1. The van der Waals surface area contributed by atoms with Crippen molar-refractivity contribution in [1.29, 1.82) is 0 Å². The molecular weight excluding hydrogens is 260 g/mol. The largest absolute Gasteiger partial charge is 0.480 e. The van der Waals surface area contributed by atoms with Gasteiger partial charge in [-0.05, 0) is 18.7 Å². The lowest BCUT2D eigenvalue weighted by molar-refractivity contribution is -0.137. The van der Waals surface area contributed by atoms with Gasteiger partial charge < -0.3 is 16.6 Å². The lowest BCUT2D eigenvalue weighted by atomic mass is 10.2.